The summed E-state index contributed by atoms with van der Waals surface area (Å²) < 4.78 is 6.05. The van der Waals surface area contributed by atoms with Crippen molar-refractivity contribution < 1.29 is 9.53 Å². The average Bonchev–Trinajstić information content (AvgIpc) is 2.63. The zero-order valence-corrected chi connectivity index (χ0v) is 13.0. The number of ether oxygens (including phenoxy) is 1. The molecule has 0 saturated carbocycles. The molecule has 0 N–H and O–H groups in total. The van der Waals surface area contributed by atoms with Gasteiger partial charge < -0.3 is 4.74 Å². The van der Waals surface area contributed by atoms with Crippen LogP contribution in [0.1, 0.15) is 34.5 Å². The highest BCUT2D eigenvalue weighted by Gasteiger charge is 2.16. The van der Waals surface area contributed by atoms with Gasteiger partial charge in [-0.05, 0) is 24.6 Å². The molecule has 3 rings (SSSR count). The zero-order chi connectivity index (χ0) is 16.1. The van der Waals surface area contributed by atoms with Crippen LogP contribution in [0.2, 0.25) is 0 Å². The van der Waals surface area contributed by atoms with Gasteiger partial charge in [0.1, 0.15) is 11.9 Å². The molecule has 0 bridgehead atoms. The molecule has 23 heavy (non-hydrogen) atoms. The van der Waals surface area contributed by atoms with E-state index in [1.165, 1.54) is 0 Å². The van der Waals surface area contributed by atoms with Gasteiger partial charge in [0.15, 0.2) is 5.78 Å². The average molecular weight is 302 g/mol. The van der Waals surface area contributed by atoms with Crippen LogP contribution in [0.25, 0.3) is 0 Å². The molecule has 0 aromatic heterocycles. The topological polar surface area (TPSA) is 26.3 Å². The van der Waals surface area contributed by atoms with Crippen molar-refractivity contribution in [3.05, 3.63) is 102 Å². The fourth-order valence-electron chi connectivity index (χ4n) is 2.48. The molecule has 0 saturated heterocycles. The highest BCUT2D eigenvalue weighted by Crippen LogP contribution is 2.27. The Morgan fingerprint density at radius 2 is 1.35 bits per heavy atom. The van der Waals surface area contributed by atoms with Crippen molar-refractivity contribution in [1.82, 2.24) is 0 Å². The summed E-state index contributed by atoms with van der Waals surface area (Å²) >= 11 is 0. The Balaban J connectivity index is 1.88. The molecule has 2 nitrogen and oxygen atoms in total. The van der Waals surface area contributed by atoms with Gasteiger partial charge >= 0.3 is 0 Å². The van der Waals surface area contributed by atoms with Crippen LogP contribution in [0.5, 0.6) is 5.75 Å². The van der Waals surface area contributed by atoms with Crippen molar-refractivity contribution >= 4 is 5.78 Å². The minimum atomic E-state index is -0.124. The fourth-order valence-corrected chi connectivity index (χ4v) is 2.48. The van der Waals surface area contributed by atoms with E-state index in [2.05, 4.69) is 0 Å². The van der Waals surface area contributed by atoms with Crippen LogP contribution in [0.4, 0.5) is 0 Å². The van der Waals surface area contributed by atoms with Crippen LogP contribution in [0.3, 0.4) is 0 Å². The van der Waals surface area contributed by atoms with E-state index in [0.29, 0.717) is 16.9 Å². The largest absolute Gasteiger partial charge is 0.485 e. The third-order valence-electron chi connectivity index (χ3n) is 3.74. The Kier molecular flexibility index (Phi) is 4.53. The summed E-state index contributed by atoms with van der Waals surface area (Å²) in [7, 11) is 0. The lowest BCUT2D eigenvalue weighted by molar-refractivity contribution is 0.103. The van der Waals surface area contributed by atoms with Gasteiger partial charge in [0, 0.05) is 5.56 Å². The lowest BCUT2D eigenvalue weighted by atomic mass is 10.0. The summed E-state index contributed by atoms with van der Waals surface area (Å²) in [6.45, 7) is 1.99. The quantitative estimate of drug-likeness (QED) is 0.616. The summed E-state index contributed by atoms with van der Waals surface area (Å²) in [5.74, 6) is 0.583. The number of rotatable bonds is 5. The van der Waals surface area contributed by atoms with Crippen LogP contribution in [0, 0.1) is 0 Å². The molecule has 0 radical (unpaired) electrons. The van der Waals surface area contributed by atoms with Gasteiger partial charge in [-0.2, -0.15) is 0 Å². The van der Waals surface area contributed by atoms with Crippen molar-refractivity contribution in [2.45, 2.75) is 13.0 Å². The van der Waals surface area contributed by atoms with Crippen LogP contribution in [-0.2, 0) is 0 Å². The van der Waals surface area contributed by atoms with E-state index in [1.807, 2.05) is 91.9 Å². The summed E-state index contributed by atoms with van der Waals surface area (Å²) in [5.41, 5.74) is 2.33. The molecule has 0 heterocycles. The highest BCUT2D eigenvalue weighted by molar-refractivity contribution is 6.10. The first kappa shape index (κ1) is 15.0. The number of para-hydroxylation sites is 1. The first-order chi connectivity index (χ1) is 11.3. The molecular weight excluding hydrogens is 284 g/mol. The summed E-state index contributed by atoms with van der Waals surface area (Å²) in [5, 5.41) is 0. The van der Waals surface area contributed by atoms with E-state index in [0.717, 1.165) is 5.56 Å². The smallest absolute Gasteiger partial charge is 0.196 e. The van der Waals surface area contributed by atoms with Crippen molar-refractivity contribution in [3.63, 3.8) is 0 Å². The van der Waals surface area contributed by atoms with Crippen molar-refractivity contribution in [2.75, 3.05) is 0 Å². The third-order valence-corrected chi connectivity index (χ3v) is 3.74. The maximum absolute atomic E-state index is 12.7. The standard InChI is InChI=1S/C21H18O2/c1-16(17-10-4-2-5-11-17)23-20-15-9-8-14-19(20)21(22)18-12-6-3-7-13-18/h2-16H,1H3/t16-/m0/s1. The van der Waals surface area contributed by atoms with Crippen molar-refractivity contribution in [1.29, 1.82) is 0 Å². The minimum absolute atomic E-state index is 0.0264. The van der Waals surface area contributed by atoms with Gasteiger partial charge in [-0.25, -0.2) is 0 Å². The second-order valence-electron chi connectivity index (χ2n) is 5.36. The first-order valence-electron chi connectivity index (χ1n) is 7.66. The molecule has 0 amide bonds. The van der Waals surface area contributed by atoms with Gasteiger partial charge in [-0.3, -0.25) is 4.79 Å². The van der Waals surface area contributed by atoms with Gasteiger partial charge in [-0.15, -0.1) is 0 Å². The Hall–Kier alpha value is -2.87. The van der Waals surface area contributed by atoms with E-state index in [1.54, 1.807) is 0 Å². The molecule has 0 aliphatic carbocycles. The molecule has 0 spiro atoms. The van der Waals surface area contributed by atoms with Crippen LogP contribution >= 0.6 is 0 Å². The molecule has 1 atom stereocenters. The lowest BCUT2D eigenvalue weighted by Gasteiger charge is -2.17. The zero-order valence-electron chi connectivity index (χ0n) is 13.0. The molecule has 3 aromatic carbocycles. The van der Waals surface area contributed by atoms with E-state index in [-0.39, 0.29) is 11.9 Å². The number of carbonyl (C=O) groups is 1. The van der Waals surface area contributed by atoms with Crippen LogP contribution in [-0.4, -0.2) is 5.78 Å². The predicted octanol–water partition coefficient (Wildman–Crippen LogP) is 5.06. The summed E-state index contributed by atoms with van der Waals surface area (Å²) in [6, 6.07) is 26.6. The van der Waals surface area contributed by atoms with Gasteiger partial charge in [0.2, 0.25) is 0 Å². The highest BCUT2D eigenvalue weighted by atomic mass is 16.5. The maximum Gasteiger partial charge on any atom is 0.196 e. The number of hydrogen-bond donors (Lipinski definition) is 0. The second kappa shape index (κ2) is 6.93. The van der Waals surface area contributed by atoms with E-state index in [9.17, 15) is 4.79 Å². The maximum atomic E-state index is 12.7. The Labute approximate surface area is 136 Å². The fraction of sp³-hybridized carbons (Fsp3) is 0.0952. The summed E-state index contributed by atoms with van der Waals surface area (Å²) in [6.07, 6.45) is -0.124. The van der Waals surface area contributed by atoms with Gasteiger partial charge in [0.05, 0.1) is 5.56 Å². The SMILES string of the molecule is C[C@H](Oc1ccccc1C(=O)c1ccccc1)c1ccccc1. The first-order valence-corrected chi connectivity index (χ1v) is 7.66. The van der Waals surface area contributed by atoms with Gasteiger partial charge in [0.25, 0.3) is 0 Å². The second-order valence-corrected chi connectivity index (χ2v) is 5.36. The normalized spacial score (nSPS) is 11.7. The summed E-state index contributed by atoms with van der Waals surface area (Å²) in [4.78, 5) is 12.7. The number of ketones is 1. The minimum Gasteiger partial charge on any atom is -0.485 e. The molecule has 3 aromatic rings. The molecule has 114 valence electrons. The van der Waals surface area contributed by atoms with Crippen LogP contribution in [0.15, 0.2) is 84.9 Å². The molecule has 0 unspecified atom stereocenters. The lowest BCUT2D eigenvalue weighted by Crippen LogP contribution is -2.08. The van der Waals surface area contributed by atoms with Crippen LogP contribution < -0.4 is 4.74 Å². The molecule has 0 aliphatic rings. The third kappa shape index (κ3) is 3.49. The Bertz CT molecular complexity index is 779. The monoisotopic (exact) mass is 302 g/mol. The Morgan fingerprint density at radius 1 is 0.783 bits per heavy atom. The Morgan fingerprint density at radius 3 is 2.04 bits per heavy atom. The number of hydrogen-bond acceptors (Lipinski definition) is 2. The predicted molar refractivity (Wildman–Crippen MR) is 91.8 cm³/mol. The van der Waals surface area contributed by atoms with Gasteiger partial charge in [-0.1, -0.05) is 72.8 Å². The molecule has 2 heteroatoms. The van der Waals surface area contributed by atoms with Crippen molar-refractivity contribution in [2.24, 2.45) is 0 Å². The number of carbonyl (C=O) groups excluding carboxylic acids is 1. The van der Waals surface area contributed by atoms with E-state index >= 15 is 0 Å². The molecular formula is C21H18O2. The molecule has 0 aliphatic heterocycles. The van der Waals surface area contributed by atoms with E-state index in [4.69, 9.17) is 4.74 Å². The molecule has 0 fully saturated rings. The number of benzene rings is 3. The van der Waals surface area contributed by atoms with Crippen molar-refractivity contribution in [3.8, 4) is 5.75 Å². The van der Waals surface area contributed by atoms with E-state index < -0.39 is 0 Å².